The molecule has 0 atom stereocenters. The number of benzene rings is 2. The van der Waals surface area contributed by atoms with Crippen molar-refractivity contribution in [2.75, 3.05) is 38.9 Å². The second-order valence-corrected chi connectivity index (χ2v) is 9.66. The molecule has 0 bridgehead atoms. The van der Waals surface area contributed by atoms with Gasteiger partial charge in [0, 0.05) is 15.1 Å². The van der Waals surface area contributed by atoms with Gasteiger partial charge in [-0.1, -0.05) is 22.0 Å². The van der Waals surface area contributed by atoms with Crippen LogP contribution in [0.4, 0.5) is 10.5 Å². The number of halogens is 1. The monoisotopic (exact) mass is 580 g/mol. The van der Waals surface area contributed by atoms with Crippen LogP contribution in [-0.4, -0.2) is 61.5 Å². The summed E-state index contributed by atoms with van der Waals surface area (Å²) in [4.78, 5) is 51.2. The lowest BCUT2D eigenvalue weighted by molar-refractivity contribution is -0.143. The van der Waals surface area contributed by atoms with E-state index in [9.17, 15) is 19.2 Å². The van der Waals surface area contributed by atoms with Crippen molar-refractivity contribution in [3.05, 3.63) is 51.3 Å². The van der Waals surface area contributed by atoms with Gasteiger partial charge in [-0.2, -0.15) is 0 Å². The van der Waals surface area contributed by atoms with E-state index < -0.39 is 29.6 Å². The summed E-state index contributed by atoms with van der Waals surface area (Å²) < 4.78 is 15.8. The van der Waals surface area contributed by atoms with Gasteiger partial charge in [-0.3, -0.25) is 19.3 Å². The maximum Gasteiger partial charge on any atom is 0.343 e. The number of anilines is 1. The number of nitrogens with one attached hydrogen (secondary N) is 1. The number of nitrogens with zero attached hydrogens (tertiary/aromatic N) is 1. The van der Waals surface area contributed by atoms with Crippen LogP contribution in [0.2, 0.25) is 0 Å². The third-order valence-electron chi connectivity index (χ3n) is 4.67. The van der Waals surface area contributed by atoms with Crippen molar-refractivity contribution in [2.45, 2.75) is 4.90 Å². The first-order valence-corrected chi connectivity index (χ1v) is 12.9. The third-order valence-corrected chi connectivity index (χ3v) is 6.99. The minimum Gasteiger partial charge on any atom is -0.493 e. The molecule has 0 spiro atoms. The Kier molecular flexibility index (Phi) is 9.24. The molecule has 1 N–H and O–H groups in total. The van der Waals surface area contributed by atoms with Crippen LogP contribution >= 0.6 is 39.5 Å². The summed E-state index contributed by atoms with van der Waals surface area (Å²) in [5.41, 5.74) is 1.12. The van der Waals surface area contributed by atoms with E-state index in [2.05, 4.69) is 26.0 Å². The van der Waals surface area contributed by atoms with Crippen molar-refractivity contribution in [2.24, 2.45) is 0 Å². The van der Waals surface area contributed by atoms with Gasteiger partial charge in [-0.25, -0.2) is 4.79 Å². The zero-order valence-electron chi connectivity index (χ0n) is 19.0. The molecule has 184 valence electrons. The minimum absolute atomic E-state index is 0.151. The van der Waals surface area contributed by atoms with Crippen LogP contribution in [0.1, 0.15) is 5.56 Å². The van der Waals surface area contributed by atoms with Gasteiger partial charge in [0.25, 0.3) is 11.1 Å². The van der Waals surface area contributed by atoms with Crippen LogP contribution < -0.4 is 14.8 Å². The molecule has 9 nitrogen and oxygen atoms in total. The van der Waals surface area contributed by atoms with Gasteiger partial charge in [0.1, 0.15) is 6.54 Å². The highest BCUT2D eigenvalue weighted by Gasteiger charge is 2.36. The molecule has 1 aliphatic heterocycles. The number of methoxy groups -OCH3 is 2. The summed E-state index contributed by atoms with van der Waals surface area (Å²) in [7, 11) is 2.68. The van der Waals surface area contributed by atoms with E-state index >= 15 is 0 Å². The van der Waals surface area contributed by atoms with Gasteiger partial charge in [0.05, 0.1) is 19.1 Å². The fourth-order valence-corrected chi connectivity index (χ4v) is 4.68. The first-order valence-electron chi connectivity index (χ1n) is 10.0. The largest absolute Gasteiger partial charge is 0.493 e. The molecule has 0 aliphatic carbocycles. The van der Waals surface area contributed by atoms with Crippen LogP contribution in [-0.2, 0) is 19.1 Å². The van der Waals surface area contributed by atoms with E-state index in [1.165, 1.54) is 32.1 Å². The van der Waals surface area contributed by atoms with Gasteiger partial charge < -0.3 is 19.5 Å². The maximum absolute atomic E-state index is 12.9. The predicted molar refractivity (Wildman–Crippen MR) is 138 cm³/mol. The Hall–Kier alpha value is -2.96. The number of carbonyl (C=O) groups excluding carboxylic acids is 4. The van der Waals surface area contributed by atoms with Crippen molar-refractivity contribution in [1.29, 1.82) is 0 Å². The highest BCUT2D eigenvalue weighted by molar-refractivity contribution is 9.10. The number of esters is 1. The van der Waals surface area contributed by atoms with Gasteiger partial charge in [-0.15, -0.1) is 11.8 Å². The highest BCUT2D eigenvalue weighted by Crippen LogP contribution is 2.38. The molecule has 1 aliphatic rings. The Bertz CT molecular complexity index is 1200. The second-order valence-electron chi connectivity index (χ2n) is 6.94. The van der Waals surface area contributed by atoms with E-state index in [1.54, 1.807) is 24.3 Å². The van der Waals surface area contributed by atoms with Gasteiger partial charge in [0.15, 0.2) is 18.1 Å². The number of thioether (sulfide) groups is 2. The maximum atomic E-state index is 12.9. The minimum atomic E-state index is -0.579. The molecule has 0 aromatic heterocycles. The summed E-state index contributed by atoms with van der Waals surface area (Å²) in [6.45, 7) is -0.711. The zero-order valence-corrected chi connectivity index (χ0v) is 22.2. The number of hydrogen-bond acceptors (Lipinski definition) is 9. The fraction of sp³-hybridized carbons (Fsp3) is 0.217. The molecule has 0 unspecified atom stereocenters. The molecule has 12 heteroatoms. The Labute approximate surface area is 218 Å². The summed E-state index contributed by atoms with van der Waals surface area (Å²) in [6.07, 6.45) is 3.44. The van der Waals surface area contributed by atoms with Crippen LogP contribution in [0, 0.1) is 0 Å². The summed E-state index contributed by atoms with van der Waals surface area (Å²) in [6, 6.07) is 10.4. The predicted octanol–water partition coefficient (Wildman–Crippen LogP) is 4.41. The molecule has 1 heterocycles. The van der Waals surface area contributed by atoms with E-state index in [4.69, 9.17) is 9.47 Å². The van der Waals surface area contributed by atoms with Crippen LogP contribution in [0.15, 0.2) is 50.7 Å². The standard InChI is InChI=1S/C23H21BrN2O7S2/c1-31-17-7-13(16(24)10-18(17)33-12-21(28)32-2)8-19-22(29)26(23(30)35-19)11-20(27)25-14-5-4-6-15(9-14)34-3/h4-10H,11-12H2,1-3H3,(H,25,27)/b19-8+. The number of amides is 3. The Morgan fingerprint density at radius 2 is 1.94 bits per heavy atom. The van der Waals surface area contributed by atoms with Gasteiger partial charge in [0.2, 0.25) is 5.91 Å². The SMILES string of the molecule is COC(=O)COc1cc(Br)c(/C=C2/SC(=O)N(CC(=O)Nc3cccc(SC)c3)C2=O)cc1OC. The van der Waals surface area contributed by atoms with Gasteiger partial charge in [-0.05, 0) is 60.0 Å². The lowest BCUT2D eigenvalue weighted by atomic mass is 10.2. The van der Waals surface area contributed by atoms with Crippen molar-refractivity contribution < 1.29 is 33.4 Å². The number of rotatable bonds is 9. The molecule has 3 amide bonds. The van der Waals surface area contributed by atoms with Crippen LogP contribution in [0.5, 0.6) is 11.5 Å². The first-order chi connectivity index (χ1) is 16.7. The van der Waals surface area contributed by atoms with Crippen molar-refractivity contribution in [1.82, 2.24) is 4.90 Å². The highest BCUT2D eigenvalue weighted by atomic mass is 79.9. The van der Waals surface area contributed by atoms with E-state index in [0.29, 0.717) is 21.5 Å². The average molecular weight is 581 g/mol. The number of ether oxygens (including phenoxy) is 3. The Balaban J connectivity index is 1.74. The zero-order chi connectivity index (χ0) is 25.5. The summed E-state index contributed by atoms with van der Waals surface area (Å²) in [5.74, 6) is -1.01. The fourth-order valence-electron chi connectivity index (χ4n) is 2.95. The molecular formula is C23H21BrN2O7S2. The number of carbonyl (C=O) groups is 4. The summed E-state index contributed by atoms with van der Waals surface area (Å²) >= 11 is 5.67. The molecule has 1 saturated heterocycles. The van der Waals surface area contributed by atoms with Crippen LogP contribution in [0.3, 0.4) is 0 Å². The molecule has 0 saturated carbocycles. The first kappa shape index (κ1) is 26.6. The lowest BCUT2D eigenvalue weighted by Crippen LogP contribution is -2.36. The molecule has 3 rings (SSSR count). The molecule has 1 fully saturated rings. The second kappa shape index (κ2) is 12.1. The molecule has 2 aromatic carbocycles. The van der Waals surface area contributed by atoms with E-state index in [0.717, 1.165) is 21.6 Å². The quantitative estimate of drug-likeness (QED) is 0.262. The van der Waals surface area contributed by atoms with Crippen molar-refractivity contribution >= 4 is 74.2 Å². The van der Waals surface area contributed by atoms with Crippen molar-refractivity contribution in [3.8, 4) is 11.5 Å². The topological polar surface area (TPSA) is 111 Å². The molecule has 2 aromatic rings. The van der Waals surface area contributed by atoms with E-state index in [1.807, 2.05) is 18.4 Å². The Morgan fingerprint density at radius 1 is 1.17 bits per heavy atom. The third kappa shape index (κ3) is 6.80. The summed E-state index contributed by atoms with van der Waals surface area (Å²) in [5, 5.41) is 2.16. The lowest BCUT2D eigenvalue weighted by Gasteiger charge is -2.13. The van der Waals surface area contributed by atoms with Gasteiger partial charge >= 0.3 is 5.97 Å². The molecule has 35 heavy (non-hydrogen) atoms. The average Bonchev–Trinajstić information content (AvgIpc) is 3.10. The Morgan fingerprint density at radius 3 is 2.63 bits per heavy atom. The normalized spacial score (nSPS) is 14.3. The van der Waals surface area contributed by atoms with Crippen molar-refractivity contribution in [3.63, 3.8) is 0 Å². The van der Waals surface area contributed by atoms with Crippen LogP contribution in [0.25, 0.3) is 6.08 Å². The molecular weight excluding hydrogens is 560 g/mol. The van der Waals surface area contributed by atoms with E-state index in [-0.39, 0.29) is 17.3 Å². The smallest absolute Gasteiger partial charge is 0.343 e. The number of imide groups is 1. The number of hydrogen-bond donors (Lipinski definition) is 1. The molecule has 0 radical (unpaired) electrons.